The fraction of sp³-hybridized carbons (Fsp3) is 0.462. The van der Waals surface area contributed by atoms with Crippen molar-refractivity contribution in [1.82, 2.24) is 34.7 Å². The van der Waals surface area contributed by atoms with E-state index in [0.717, 1.165) is 37.8 Å². The van der Waals surface area contributed by atoms with Crippen LogP contribution >= 0.6 is 0 Å². The highest BCUT2D eigenvalue weighted by Crippen LogP contribution is 2.36. The number of fused-ring (bicyclic) bond motifs is 1. The summed E-state index contributed by atoms with van der Waals surface area (Å²) in [6, 6.07) is 5.29. The fourth-order valence-electron chi connectivity index (χ4n) is 5.31. The van der Waals surface area contributed by atoms with E-state index in [-0.39, 0.29) is 17.0 Å². The van der Waals surface area contributed by atoms with Crippen LogP contribution in [0.25, 0.3) is 28.3 Å². The molecule has 12 heteroatoms. The maximum Gasteiger partial charge on any atom is 0.393 e. The highest BCUT2D eigenvalue weighted by molar-refractivity contribution is 5.75. The molecule has 1 N–H and O–H groups in total. The van der Waals surface area contributed by atoms with Crippen LogP contribution < -0.4 is 9.64 Å². The number of nitrogens with one attached hydrogen (secondary N) is 1. The van der Waals surface area contributed by atoms with E-state index in [1.807, 2.05) is 6.07 Å². The van der Waals surface area contributed by atoms with E-state index in [1.54, 1.807) is 24.5 Å². The largest absolute Gasteiger partial charge is 0.493 e. The number of methoxy groups -OCH3 is 1. The van der Waals surface area contributed by atoms with Gasteiger partial charge in [0.2, 0.25) is 0 Å². The Bertz CT molecular complexity index is 1400. The topological polar surface area (TPSA) is 87.5 Å². The Morgan fingerprint density at radius 3 is 2.58 bits per heavy atom. The molecule has 1 saturated heterocycles. The summed E-state index contributed by atoms with van der Waals surface area (Å²) in [4.78, 5) is 13.5. The molecule has 1 aliphatic heterocycles. The number of alkyl halides is 3. The first kappa shape index (κ1) is 24.7. The number of hydrogen-bond donors (Lipinski definition) is 1. The zero-order chi connectivity index (χ0) is 26.3. The number of nitrogens with zero attached hydrogens (tertiary/aromatic N) is 7. The van der Waals surface area contributed by atoms with Gasteiger partial charge in [-0.05, 0) is 37.0 Å². The third-order valence-corrected chi connectivity index (χ3v) is 7.56. The second kappa shape index (κ2) is 9.90. The predicted octanol–water partition coefficient (Wildman–Crippen LogP) is 4.22. The van der Waals surface area contributed by atoms with Crippen LogP contribution in [-0.4, -0.2) is 80.7 Å². The molecule has 200 valence electrons. The van der Waals surface area contributed by atoms with Crippen molar-refractivity contribution in [2.45, 2.75) is 31.9 Å². The van der Waals surface area contributed by atoms with Crippen molar-refractivity contribution < 1.29 is 17.9 Å². The van der Waals surface area contributed by atoms with E-state index < -0.39 is 12.6 Å². The summed E-state index contributed by atoms with van der Waals surface area (Å²) >= 11 is 0. The molecule has 0 atom stereocenters. The Hall–Kier alpha value is -3.67. The van der Waals surface area contributed by atoms with Gasteiger partial charge in [0.15, 0.2) is 11.4 Å². The van der Waals surface area contributed by atoms with E-state index in [4.69, 9.17) is 4.74 Å². The Kier molecular flexibility index (Phi) is 6.42. The SMILES string of the molecule is COc1cc(-c2[nH]nc(-c3ccc(N4CCN(CC5CCC5)CC4)cn3)c2CC(F)(F)F)cn2ncnc12. The summed E-state index contributed by atoms with van der Waals surface area (Å²) in [5, 5.41) is 11.2. The smallest absolute Gasteiger partial charge is 0.393 e. The van der Waals surface area contributed by atoms with Crippen molar-refractivity contribution >= 4 is 11.3 Å². The summed E-state index contributed by atoms with van der Waals surface area (Å²) in [5.41, 5.74) is 2.69. The van der Waals surface area contributed by atoms with E-state index in [0.29, 0.717) is 22.7 Å². The van der Waals surface area contributed by atoms with Gasteiger partial charge < -0.3 is 9.64 Å². The van der Waals surface area contributed by atoms with Crippen molar-refractivity contribution in [2.24, 2.45) is 5.92 Å². The standard InChI is InChI=1S/C26H29F3N8O/c1-38-22-11-18(15-37-25(22)31-16-32-37)23-20(12-26(27,28)29)24(34-33-23)21-6-5-19(13-30-21)36-9-7-35(8-10-36)14-17-3-2-4-17/h5-6,11,13,15-17H,2-4,7-10,12,14H2,1H3,(H,33,34). The van der Waals surface area contributed by atoms with Gasteiger partial charge in [-0.25, -0.2) is 9.50 Å². The van der Waals surface area contributed by atoms with E-state index in [1.165, 1.54) is 43.8 Å². The third-order valence-electron chi connectivity index (χ3n) is 7.56. The van der Waals surface area contributed by atoms with Crippen LogP contribution in [0.4, 0.5) is 18.9 Å². The first-order chi connectivity index (χ1) is 18.4. The molecule has 0 aromatic carbocycles. The average Bonchev–Trinajstić information content (AvgIpc) is 3.52. The Morgan fingerprint density at radius 1 is 1.11 bits per heavy atom. The van der Waals surface area contributed by atoms with Crippen molar-refractivity contribution in [1.29, 1.82) is 0 Å². The fourth-order valence-corrected chi connectivity index (χ4v) is 5.31. The Morgan fingerprint density at radius 2 is 1.92 bits per heavy atom. The molecule has 4 aromatic rings. The normalized spacial score (nSPS) is 17.2. The van der Waals surface area contributed by atoms with Gasteiger partial charge in [0.1, 0.15) is 12.0 Å². The molecule has 0 spiro atoms. The van der Waals surface area contributed by atoms with E-state index in [2.05, 4.69) is 35.1 Å². The molecular formula is C26H29F3N8O. The molecule has 0 unspecified atom stereocenters. The van der Waals surface area contributed by atoms with Gasteiger partial charge >= 0.3 is 6.18 Å². The maximum atomic E-state index is 13.7. The molecule has 9 nitrogen and oxygen atoms in total. The molecule has 4 aromatic heterocycles. The quantitative estimate of drug-likeness (QED) is 0.386. The number of aromatic nitrogens is 6. The van der Waals surface area contributed by atoms with Crippen LogP contribution in [0.15, 0.2) is 36.9 Å². The first-order valence-corrected chi connectivity index (χ1v) is 12.8. The van der Waals surface area contributed by atoms with Crippen molar-refractivity contribution in [3.8, 4) is 28.4 Å². The van der Waals surface area contributed by atoms with Crippen LogP contribution in [0.1, 0.15) is 24.8 Å². The van der Waals surface area contributed by atoms with E-state index in [9.17, 15) is 13.2 Å². The molecule has 2 fully saturated rings. The van der Waals surface area contributed by atoms with Crippen LogP contribution in [0.2, 0.25) is 0 Å². The third kappa shape index (κ3) is 4.92. The molecule has 1 aliphatic carbocycles. The monoisotopic (exact) mass is 526 g/mol. The zero-order valence-electron chi connectivity index (χ0n) is 21.1. The minimum absolute atomic E-state index is 0.0175. The minimum atomic E-state index is -4.44. The Labute approximate surface area is 217 Å². The number of halogens is 3. The number of rotatable bonds is 7. The Balaban J connectivity index is 1.26. The van der Waals surface area contributed by atoms with Gasteiger partial charge in [-0.1, -0.05) is 6.42 Å². The number of aromatic amines is 1. The average molecular weight is 527 g/mol. The molecular weight excluding hydrogens is 497 g/mol. The lowest BCUT2D eigenvalue weighted by Gasteiger charge is -2.39. The number of anilines is 1. The van der Waals surface area contributed by atoms with Crippen molar-refractivity contribution in [3.63, 3.8) is 0 Å². The minimum Gasteiger partial charge on any atom is -0.493 e. The number of H-pyrrole nitrogens is 1. The lowest BCUT2D eigenvalue weighted by Crippen LogP contribution is -2.48. The predicted molar refractivity (Wildman–Crippen MR) is 136 cm³/mol. The first-order valence-electron chi connectivity index (χ1n) is 12.8. The van der Waals surface area contributed by atoms with E-state index >= 15 is 0 Å². The lowest BCUT2D eigenvalue weighted by atomic mass is 9.85. The highest BCUT2D eigenvalue weighted by atomic mass is 19.4. The van der Waals surface area contributed by atoms with Gasteiger partial charge in [-0.3, -0.25) is 15.0 Å². The molecule has 38 heavy (non-hydrogen) atoms. The number of pyridine rings is 2. The highest BCUT2D eigenvalue weighted by Gasteiger charge is 2.33. The van der Waals surface area contributed by atoms with Crippen LogP contribution in [0, 0.1) is 5.92 Å². The van der Waals surface area contributed by atoms with Crippen molar-refractivity contribution in [3.05, 3.63) is 42.5 Å². The van der Waals surface area contributed by atoms with Gasteiger partial charge in [0.25, 0.3) is 0 Å². The number of piperazine rings is 1. The summed E-state index contributed by atoms with van der Waals surface area (Å²) < 4.78 is 47.9. The number of ether oxygens (including phenoxy) is 1. The summed E-state index contributed by atoms with van der Waals surface area (Å²) in [5.74, 6) is 1.25. The summed E-state index contributed by atoms with van der Waals surface area (Å²) in [6.45, 7) is 5.02. The van der Waals surface area contributed by atoms with Crippen molar-refractivity contribution in [2.75, 3.05) is 44.7 Å². The second-order valence-corrected chi connectivity index (χ2v) is 10.0. The van der Waals surface area contributed by atoms with Crippen LogP contribution in [-0.2, 0) is 6.42 Å². The molecule has 1 saturated carbocycles. The van der Waals surface area contributed by atoms with Gasteiger partial charge in [-0.2, -0.15) is 23.4 Å². The summed E-state index contributed by atoms with van der Waals surface area (Å²) in [7, 11) is 1.47. The molecule has 2 aliphatic rings. The molecule has 0 bridgehead atoms. The molecule has 5 heterocycles. The second-order valence-electron chi connectivity index (χ2n) is 10.0. The maximum absolute atomic E-state index is 13.7. The number of hydrogen-bond acceptors (Lipinski definition) is 7. The van der Waals surface area contributed by atoms with Gasteiger partial charge in [0.05, 0.1) is 36.8 Å². The van der Waals surface area contributed by atoms with Crippen LogP contribution in [0.3, 0.4) is 0 Å². The zero-order valence-corrected chi connectivity index (χ0v) is 21.1. The summed E-state index contributed by atoms with van der Waals surface area (Å²) in [6.07, 6.45) is 3.15. The lowest BCUT2D eigenvalue weighted by molar-refractivity contribution is -0.127. The molecule has 0 amide bonds. The van der Waals surface area contributed by atoms with Gasteiger partial charge in [0, 0.05) is 50.0 Å². The molecule has 6 rings (SSSR count). The molecule has 0 radical (unpaired) electrons. The van der Waals surface area contributed by atoms with Gasteiger partial charge in [-0.15, -0.1) is 0 Å². The van der Waals surface area contributed by atoms with Crippen LogP contribution in [0.5, 0.6) is 5.75 Å².